The van der Waals surface area contributed by atoms with Crippen LogP contribution in [-0.2, 0) is 14.3 Å². The number of aromatic nitrogens is 1. The van der Waals surface area contributed by atoms with E-state index in [-0.39, 0.29) is 5.97 Å². The van der Waals surface area contributed by atoms with E-state index < -0.39 is 6.10 Å². The summed E-state index contributed by atoms with van der Waals surface area (Å²) < 4.78 is 11.1. The molecule has 0 amide bonds. The average molecular weight is 315 g/mol. The molecule has 0 radical (unpaired) electrons. The number of methoxy groups -OCH3 is 1. The highest BCUT2D eigenvalue weighted by atomic mass is 79.9. The molecule has 5 nitrogen and oxygen atoms in total. The lowest BCUT2D eigenvalue weighted by atomic mass is 10.2. The van der Waals surface area contributed by atoms with E-state index in [9.17, 15) is 4.79 Å². The molecule has 0 aromatic carbocycles. The Labute approximate surface area is 114 Å². The Balaban J connectivity index is 2.13. The monoisotopic (exact) mass is 314 g/mol. The second-order valence-corrected chi connectivity index (χ2v) is 4.92. The van der Waals surface area contributed by atoms with E-state index in [0.29, 0.717) is 13.2 Å². The van der Waals surface area contributed by atoms with Crippen molar-refractivity contribution in [1.82, 2.24) is 4.98 Å². The molecule has 2 rings (SSSR count). The Bertz CT molecular complexity index is 453. The van der Waals surface area contributed by atoms with Gasteiger partial charge in [-0.3, -0.25) is 0 Å². The predicted octanol–water partition coefficient (Wildman–Crippen LogP) is 1.53. The van der Waals surface area contributed by atoms with Crippen molar-refractivity contribution in [2.45, 2.75) is 13.0 Å². The van der Waals surface area contributed by atoms with Crippen LogP contribution in [0, 0.1) is 6.92 Å². The minimum Gasteiger partial charge on any atom is -0.467 e. The molecule has 1 aliphatic rings. The lowest BCUT2D eigenvalue weighted by Crippen LogP contribution is -2.46. The van der Waals surface area contributed by atoms with Gasteiger partial charge >= 0.3 is 5.97 Å². The number of anilines is 1. The van der Waals surface area contributed by atoms with Gasteiger partial charge in [0.15, 0.2) is 6.10 Å². The van der Waals surface area contributed by atoms with Crippen LogP contribution in [0.2, 0.25) is 0 Å². The fraction of sp³-hybridized carbons (Fsp3) is 0.500. The number of carbonyl (C=O) groups is 1. The van der Waals surface area contributed by atoms with Crippen LogP contribution in [-0.4, -0.2) is 43.9 Å². The third-order valence-corrected chi connectivity index (χ3v) is 3.70. The molecule has 18 heavy (non-hydrogen) atoms. The van der Waals surface area contributed by atoms with Crippen molar-refractivity contribution in [2.24, 2.45) is 0 Å². The summed E-state index contributed by atoms with van der Waals surface area (Å²) in [5, 5.41) is 0. The third-order valence-electron chi connectivity index (χ3n) is 2.86. The molecule has 6 heteroatoms. The quantitative estimate of drug-likeness (QED) is 0.775. The van der Waals surface area contributed by atoms with Gasteiger partial charge in [-0.1, -0.05) is 0 Å². The highest BCUT2D eigenvalue weighted by Gasteiger charge is 2.28. The van der Waals surface area contributed by atoms with Crippen molar-refractivity contribution >= 4 is 27.7 Å². The molecule has 1 saturated heterocycles. The molecule has 0 N–H and O–H groups in total. The molecule has 2 heterocycles. The molecule has 0 bridgehead atoms. The molecular formula is C12H15BrN2O3. The molecule has 1 fully saturated rings. The molecule has 1 aliphatic heterocycles. The van der Waals surface area contributed by atoms with Crippen molar-refractivity contribution < 1.29 is 14.3 Å². The molecule has 0 aliphatic carbocycles. The van der Waals surface area contributed by atoms with Gasteiger partial charge < -0.3 is 14.4 Å². The maximum atomic E-state index is 11.5. The molecule has 98 valence electrons. The van der Waals surface area contributed by atoms with E-state index in [1.165, 1.54) is 7.11 Å². The van der Waals surface area contributed by atoms with E-state index in [0.717, 1.165) is 22.5 Å². The van der Waals surface area contributed by atoms with Crippen LogP contribution in [0.5, 0.6) is 0 Å². The Kier molecular flexibility index (Phi) is 4.19. The van der Waals surface area contributed by atoms with Gasteiger partial charge in [-0.15, -0.1) is 0 Å². The number of rotatable bonds is 2. The summed E-state index contributed by atoms with van der Waals surface area (Å²) in [4.78, 5) is 18.0. The zero-order chi connectivity index (χ0) is 13.1. The van der Waals surface area contributed by atoms with Crippen molar-refractivity contribution in [3.63, 3.8) is 0 Å². The fourth-order valence-electron chi connectivity index (χ4n) is 1.84. The number of hydrogen-bond donors (Lipinski definition) is 0. The number of aryl methyl sites for hydroxylation is 1. The molecule has 1 unspecified atom stereocenters. The van der Waals surface area contributed by atoms with Gasteiger partial charge in [0.1, 0.15) is 5.82 Å². The zero-order valence-electron chi connectivity index (χ0n) is 10.4. The van der Waals surface area contributed by atoms with Gasteiger partial charge in [-0.05, 0) is 35.0 Å². The van der Waals surface area contributed by atoms with Crippen LogP contribution < -0.4 is 4.90 Å². The topological polar surface area (TPSA) is 51.7 Å². The molecular weight excluding hydrogens is 300 g/mol. The van der Waals surface area contributed by atoms with Crippen LogP contribution in [0.3, 0.4) is 0 Å². The van der Waals surface area contributed by atoms with E-state index in [1.807, 2.05) is 24.0 Å². The maximum absolute atomic E-state index is 11.5. The Morgan fingerprint density at radius 1 is 1.61 bits per heavy atom. The molecule has 1 aromatic heterocycles. The van der Waals surface area contributed by atoms with Gasteiger partial charge in [0.2, 0.25) is 0 Å². The summed E-state index contributed by atoms with van der Waals surface area (Å²) in [7, 11) is 1.37. The molecule has 1 atom stereocenters. The largest absolute Gasteiger partial charge is 0.467 e. The summed E-state index contributed by atoms with van der Waals surface area (Å²) in [5.74, 6) is 0.515. The average Bonchev–Trinajstić information content (AvgIpc) is 2.41. The number of ether oxygens (including phenoxy) is 2. The number of pyridine rings is 1. The third kappa shape index (κ3) is 2.81. The van der Waals surface area contributed by atoms with Crippen LogP contribution in [0.25, 0.3) is 0 Å². The molecule has 1 aromatic rings. The Morgan fingerprint density at radius 3 is 3.06 bits per heavy atom. The summed E-state index contributed by atoms with van der Waals surface area (Å²) in [5.41, 5.74) is 0.925. The first-order valence-electron chi connectivity index (χ1n) is 5.69. The van der Waals surface area contributed by atoms with Crippen LogP contribution >= 0.6 is 15.9 Å². The Hall–Kier alpha value is -1.14. The number of hydrogen-bond acceptors (Lipinski definition) is 5. The first kappa shape index (κ1) is 13.3. The Morgan fingerprint density at radius 2 is 2.39 bits per heavy atom. The van der Waals surface area contributed by atoms with Gasteiger partial charge in [0.05, 0.1) is 26.0 Å². The highest BCUT2D eigenvalue weighted by Crippen LogP contribution is 2.21. The van der Waals surface area contributed by atoms with Crippen molar-refractivity contribution in [2.75, 3.05) is 31.7 Å². The van der Waals surface area contributed by atoms with Crippen molar-refractivity contribution in [3.05, 3.63) is 22.3 Å². The number of nitrogens with zero attached hydrogens (tertiary/aromatic N) is 2. The van der Waals surface area contributed by atoms with E-state index in [4.69, 9.17) is 9.47 Å². The van der Waals surface area contributed by atoms with E-state index >= 15 is 0 Å². The zero-order valence-corrected chi connectivity index (χ0v) is 11.9. The SMILES string of the molecule is COC(=O)C1CN(c2ccc(Br)c(C)n2)CCO1. The number of morpholine rings is 1. The van der Waals surface area contributed by atoms with Crippen LogP contribution in [0.4, 0.5) is 5.82 Å². The number of carbonyl (C=O) groups excluding carboxylic acids is 1. The van der Waals surface area contributed by atoms with Gasteiger partial charge in [0.25, 0.3) is 0 Å². The van der Waals surface area contributed by atoms with E-state index in [2.05, 4.69) is 20.9 Å². The van der Waals surface area contributed by atoms with Gasteiger partial charge in [-0.2, -0.15) is 0 Å². The number of halogens is 1. The summed E-state index contributed by atoms with van der Waals surface area (Å²) in [6.45, 7) is 3.63. The predicted molar refractivity (Wildman–Crippen MR) is 70.6 cm³/mol. The summed E-state index contributed by atoms with van der Waals surface area (Å²) in [6.07, 6.45) is -0.533. The normalized spacial score (nSPS) is 19.7. The van der Waals surface area contributed by atoms with Crippen molar-refractivity contribution in [1.29, 1.82) is 0 Å². The standard InChI is InChI=1S/C12H15BrN2O3/c1-8-9(13)3-4-11(14-8)15-5-6-18-10(7-15)12(16)17-2/h3-4,10H,5-7H2,1-2H3. The number of esters is 1. The van der Waals surface area contributed by atoms with Crippen LogP contribution in [0.1, 0.15) is 5.69 Å². The minimum absolute atomic E-state index is 0.339. The first-order valence-corrected chi connectivity index (χ1v) is 6.48. The lowest BCUT2D eigenvalue weighted by molar-refractivity contribution is -0.154. The second-order valence-electron chi connectivity index (χ2n) is 4.07. The smallest absolute Gasteiger partial charge is 0.336 e. The lowest BCUT2D eigenvalue weighted by Gasteiger charge is -2.32. The first-order chi connectivity index (χ1) is 8.61. The van der Waals surface area contributed by atoms with E-state index in [1.54, 1.807) is 0 Å². The molecule has 0 saturated carbocycles. The minimum atomic E-state index is -0.533. The van der Waals surface area contributed by atoms with Gasteiger partial charge in [0, 0.05) is 11.0 Å². The second kappa shape index (κ2) is 5.67. The van der Waals surface area contributed by atoms with Crippen LogP contribution in [0.15, 0.2) is 16.6 Å². The highest BCUT2D eigenvalue weighted by molar-refractivity contribution is 9.10. The fourth-order valence-corrected chi connectivity index (χ4v) is 2.06. The maximum Gasteiger partial charge on any atom is 0.336 e. The summed E-state index contributed by atoms with van der Waals surface area (Å²) >= 11 is 3.42. The molecule has 0 spiro atoms. The van der Waals surface area contributed by atoms with Crippen molar-refractivity contribution in [3.8, 4) is 0 Å². The van der Waals surface area contributed by atoms with Gasteiger partial charge in [-0.25, -0.2) is 9.78 Å². The summed E-state index contributed by atoms with van der Waals surface area (Å²) in [6, 6.07) is 3.89.